The summed E-state index contributed by atoms with van der Waals surface area (Å²) in [6.07, 6.45) is 9.05. The Labute approximate surface area is 115 Å². The van der Waals surface area contributed by atoms with Crippen LogP contribution in [0.15, 0.2) is 30.3 Å². The molecule has 0 radical (unpaired) electrons. The normalized spacial score (nSPS) is 17.3. The van der Waals surface area contributed by atoms with E-state index < -0.39 is 0 Å². The predicted octanol–water partition coefficient (Wildman–Crippen LogP) is 4.19. The molecule has 2 rings (SSSR count). The van der Waals surface area contributed by atoms with E-state index in [1.54, 1.807) is 0 Å². The van der Waals surface area contributed by atoms with Crippen molar-refractivity contribution in [2.45, 2.75) is 51.4 Å². The fourth-order valence-corrected chi connectivity index (χ4v) is 3.04. The van der Waals surface area contributed by atoms with Crippen molar-refractivity contribution in [3.05, 3.63) is 35.9 Å². The molecule has 1 aliphatic rings. The first-order valence-electron chi connectivity index (χ1n) is 7.30. The average molecular weight is 258 g/mol. The van der Waals surface area contributed by atoms with Gasteiger partial charge < -0.3 is 4.79 Å². The van der Waals surface area contributed by atoms with Crippen LogP contribution < -0.4 is 0 Å². The first-order chi connectivity index (χ1) is 9.26. The van der Waals surface area contributed by atoms with Gasteiger partial charge in [0.15, 0.2) is 5.78 Å². The van der Waals surface area contributed by atoms with Crippen LogP contribution in [0.3, 0.4) is 0 Å². The molecule has 0 aromatic heterocycles. The summed E-state index contributed by atoms with van der Waals surface area (Å²) < 4.78 is 0. The van der Waals surface area contributed by atoms with E-state index in [2.05, 4.69) is 0 Å². The van der Waals surface area contributed by atoms with Crippen molar-refractivity contribution in [2.75, 3.05) is 0 Å². The maximum absolute atomic E-state index is 11.9. The lowest BCUT2D eigenvalue weighted by Gasteiger charge is -2.21. The van der Waals surface area contributed by atoms with Gasteiger partial charge in [-0.05, 0) is 25.7 Å². The molecule has 0 spiro atoms. The van der Waals surface area contributed by atoms with E-state index in [-0.39, 0.29) is 11.2 Å². The Morgan fingerprint density at radius 2 is 1.79 bits per heavy atom. The quantitative estimate of drug-likeness (QED) is 0.417. The molecule has 1 saturated carbocycles. The van der Waals surface area contributed by atoms with Crippen LogP contribution in [0.2, 0.25) is 0 Å². The average Bonchev–Trinajstić information content (AvgIpc) is 2.94. The third kappa shape index (κ3) is 3.76. The molecular weight excluding hydrogens is 236 g/mol. The van der Waals surface area contributed by atoms with E-state index >= 15 is 0 Å². The van der Waals surface area contributed by atoms with Crippen LogP contribution in [0.25, 0.3) is 0 Å². The fourth-order valence-electron chi connectivity index (χ4n) is 3.04. The Morgan fingerprint density at radius 3 is 2.42 bits per heavy atom. The topological polar surface area (TPSA) is 34.1 Å². The second-order valence-electron chi connectivity index (χ2n) is 5.68. The lowest BCUT2D eigenvalue weighted by Crippen LogP contribution is -2.17. The zero-order chi connectivity index (χ0) is 13.6. The van der Waals surface area contributed by atoms with Gasteiger partial charge in [-0.3, -0.25) is 4.79 Å². The minimum Gasteiger partial charge on any atom is -0.303 e. The SMILES string of the molecule is O=CC1(CCCCC(=O)c2ccccc2)CCCC1. The smallest absolute Gasteiger partial charge is 0.162 e. The summed E-state index contributed by atoms with van der Waals surface area (Å²) in [5.41, 5.74) is 0.740. The number of Topliss-reactive ketones (excluding diaryl/α,β-unsaturated/α-hetero) is 1. The monoisotopic (exact) mass is 258 g/mol. The first-order valence-corrected chi connectivity index (χ1v) is 7.30. The summed E-state index contributed by atoms with van der Waals surface area (Å²) in [5, 5.41) is 0. The molecular formula is C17H22O2. The molecule has 1 fully saturated rings. The van der Waals surface area contributed by atoms with Crippen LogP contribution >= 0.6 is 0 Å². The van der Waals surface area contributed by atoms with Crippen LogP contribution in [0.4, 0.5) is 0 Å². The van der Waals surface area contributed by atoms with E-state index in [0.717, 1.165) is 37.7 Å². The largest absolute Gasteiger partial charge is 0.303 e. The summed E-state index contributed by atoms with van der Waals surface area (Å²) in [7, 11) is 0. The van der Waals surface area contributed by atoms with Crippen LogP contribution in [-0.4, -0.2) is 12.1 Å². The number of unbranched alkanes of at least 4 members (excludes halogenated alkanes) is 1. The molecule has 19 heavy (non-hydrogen) atoms. The standard InChI is InChI=1S/C17H22O2/c18-14-17(12-6-7-13-17)11-5-4-10-16(19)15-8-2-1-3-9-15/h1-3,8-9,14H,4-7,10-13H2. The molecule has 0 heterocycles. The summed E-state index contributed by atoms with van der Waals surface area (Å²) in [6.45, 7) is 0. The zero-order valence-corrected chi connectivity index (χ0v) is 11.4. The van der Waals surface area contributed by atoms with Crippen molar-refractivity contribution in [1.82, 2.24) is 0 Å². The van der Waals surface area contributed by atoms with E-state index in [1.807, 2.05) is 30.3 Å². The van der Waals surface area contributed by atoms with Crippen molar-refractivity contribution in [1.29, 1.82) is 0 Å². The number of rotatable bonds is 7. The van der Waals surface area contributed by atoms with Crippen molar-refractivity contribution in [2.24, 2.45) is 5.41 Å². The number of carbonyl (C=O) groups excluding carboxylic acids is 2. The minimum absolute atomic E-state index is 0.0597. The summed E-state index contributed by atoms with van der Waals surface area (Å²) in [5.74, 6) is 0.215. The third-order valence-electron chi connectivity index (χ3n) is 4.27. The lowest BCUT2D eigenvalue weighted by atomic mass is 9.82. The molecule has 1 aromatic carbocycles. The lowest BCUT2D eigenvalue weighted by molar-refractivity contribution is -0.116. The van der Waals surface area contributed by atoms with Crippen molar-refractivity contribution in [3.63, 3.8) is 0 Å². The fraction of sp³-hybridized carbons (Fsp3) is 0.529. The van der Waals surface area contributed by atoms with Crippen molar-refractivity contribution >= 4 is 12.1 Å². The van der Waals surface area contributed by atoms with Crippen molar-refractivity contribution < 1.29 is 9.59 Å². The molecule has 1 aliphatic carbocycles. The second-order valence-corrected chi connectivity index (χ2v) is 5.68. The highest BCUT2D eigenvalue weighted by molar-refractivity contribution is 5.95. The van der Waals surface area contributed by atoms with Crippen LogP contribution in [-0.2, 0) is 4.79 Å². The highest BCUT2D eigenvalue weighted by Gasteiger charge is 2.32. The van der Waals surface area contributed by atoms with Gasteiger partial charge in [0, 0.05) is 17.4 Å². The Morgan fingerprint density at radius 1 is 1.11 bits per heavy atom. The molecule has 0 aliphatic heterocycles. The highest BCUT2D eigenvalue weighted by atomic mass is 16.1. The van der Waals surface area contributed by atoms with E-state index in [9.17, 15) is 9.59 Å². The molecule has 0 saturated heterocycles. The van der Waals surface area contributed by atoms with Gasteiger partial charge >= 0.3 is 0 Å². The van der Waals surface area contributed by atoms with E-state index in [1.165, 1.54) is 19.1 Å². The van der Waals surface area contributed by atoms with Gasteiger partial charge in [-0.15, -0.1) is 0 Å². The van der Waals surface area contributed by atoms with Crippen LogP contribution in [0.5, 0.6) is 0 Å². The Balaban J connectivity index is 1.72. The Hall–Kier alpha value is -1.44. The molecule has 0 bridgehead atoms. The second kappa shape index (κ2) is 6.65. The number of benzene rings is 1. The number of carbonyl (C=O) groups is 2. The summed E-state index contributed by atoms with van der Waals surface area (Å²) in [6, 6.07) is 9.45. The maximum Gasteiger partial charge on any atom is 0.162 e. The maximum atomic E-state index is 11.9. The number of hydrogen-bond donors (Lipinski definition) is 0. The number of aldehydes is 1. The van der Waals surface area contributed by atoms with Gasteiger partial charge in [0.2, 0.25) is 0 Å². The molecule has 1 aromatic rings. The van der Waals surface area contributed by atoms with Gasteiger partial charge in [0.1, 0.15) is 6.29 Å². The van der Waals surface area contributed by atoms with Gasteiger partial charge in [0.25, 0.3) is 0 Å². The molecule has 0 unspecified atom stereocenters. The predicted molar refractivity (Wildman–Crippen MR) is 76.2 cm³/mol. The molecule has 102 valence electrons. The highest BCUT2D eigenvalue weighted by Crippen LogP contribution is 2.40. The van der Waals surface area contributed by atoms with Crippen LogP contribution in [0, 0.1) is 5.41 Å². The number of ketones is 1. The van der Waals surface area contributed by atoms with Gasteiger partial charge in [0.05, 0.1) is 0 Å². The molecule has 2 nitrogen and oxygen atoms in total. The molecule has 0 amide bonds. The molecule has 0 N–H and O–H groups in total. The molecule has 0 atom stereocenters. The van der Waals surface area contributed by atoms with Gasteiger partial charge in [-0.1, -0.05) is 49.6 Å². The first kappa shape index (κ1) is 14.0. The number of hydrogen-bond acceptors (Lipinski definition) is 2. The summed E-state index contributed by atoms with van der Waals surface area (Å²) >= 11 is 0. The van der Waals surface area contributed by atoms with Gasteiger partial charge in [-0.25, -0.2) is 0 Å². The summed E-state index contributed by atoms with van der Waals surface area (Å²) in [4.78, 5) is 23.1. The van der Waals surface area contributed by atoms with Crippen LogP contribution in [0.1, 0.15) is 61.7 Å². The van der Waals surface area contributed by atoms with Gasteiger partial charge in [-0.2, -0.15) is 0 Å². The van der Waals surface area contributed by atoms with E-state index in [4.69, 9.17) is 0 Å². The Kier molecular flexibility index (Phi) is 4.89. The minimum atomic E-state index is -0.0597. The van der Waals surface area contributed by atoms with E-state index in [0.29, 0.717) is 6.42 Å². The van der Waals surface area contributed by atoms with Crippen molar-refractivity contribution in [3.8, 4) is 0 Å². The zero-order valence-electron chi connectivity index (χ0n) is 11.4. The Bertz CT molecular complexity index is 416. The molecule has 2 heteroatoms. The third-order valence-corrected chi connectivity index (χ3v) is 4.27.